The molecule has 0 aromatic heterocycles. The van der Waals surface area contributed by atoms with E-state index in [9.17, 15) is 0 Å². The Morgan fingerprint density at radius 3 is 2.43 bits per heavy atom. The van der Waals surface area contributed by atoms with Crippen LogP contribution in [-0.2, 0) is 0 Å². The maximum Gasteiger partial charge on any atom is 0.0551 e. The smallest absolute Gasteiger partial charge is 0.0551 e. The highest BCUT2D eigenvalue weighted by Crippen LogP contribution is 2.48. The number of rotatable bonds is 0. The van der Waals surface area contributed by atoms with Crippen LogP contribution in [0.5, 0.6) is 0 Å². The van der Waals surface area contributed by atoms with Crippen molar-refractivity contribution in [1.29, 1.82) is 0 Å². The van der Waals surface area contributed by atoms with E-state index in [-0.39, 0.29) is 6.17 Å². The monoisotopic (exact) mass is 212 g/mol. The Kier molecular flexibility index (Phi) is 2.30. The molecule has 3 fully saturated rings. The minimum absolute atomic E-state index is 0.274. The van der Waals surface area contributed by atoms with Gasteiger partial charge < -0.3 is 5.73 Å². The molecule has 0 bridgehead atoms. The molecule has 0 aromatic rings. The predicted octanol–water partition coefficient (Wildman–Crippen LogP) is 1.37. The van der Waals surface area contributed by atoms with Gasteiger partial charge in [-0.3, -0.25) is 5.32 Å². The first-order valence-electron chi connectivity index (χ1n) is 5.92. The van der Waals surface area contributed by atoms with E-state index < -0.39 is 0 Å². The van der Waals surface area contributed by atoms with Crippen LogP contribution < -0.4 is 11.1 Å². The van der Waals surface area contributed by atoms with Crippen molar-refractivity contribution in [2.45, 2.75) is 49.6 Å². The second-order valence-corrected chi connectivity index (χ2v) is 6.22. The van der Waals surface area contributed by atoms with E-state index in [0.29, 0.717) is 5.25 Å². The highest BCUT2D eigenvalue weighted by atomic mass is 32.1. The first kappa shape index (κ1) is 9.49. The lowest BCUT2D eigenvalue weighted by atomic mass is 9.73. The molecule has 80 valence electrons. The molecule has 1 saturated heterocycles. The average Bonchev–Trinajstić information content (AvgIpc) is 2.59. The Morgan fingerprint density at radius 1 is 0.929 bits per heavy atom. The van der Waals surface area contributed by atoms with E-state index in [1.165, 1.54) is 32.1 Å². The fourth-order valence-electron chi connectivity index (χ4n) is 3.96. The van der Waals surface area contributed by atoms with Crippen molar-refractivity contribution in [2.24, 2.45) is 23.5 Å². The zero-order chi connectivity index (χ0) is 9.71. The molecule has 2 nitrogen and oxygen atoms in total. The Bertz CT molecular complexity index is 189. The number of fused-ring (bicyclic) bond motifs is 2. The van der Waals surface area contributed by atoms with Crippen LogP contribution in [0.1, 0.15) is 32.1 Å². The SMILES string of the molecule is NC1CC2CC3CC(S)CC3CC2N1. The van der Waals surface area contributed by atoms with Crippen LogP contribution >= 0.6 is 12.6 Å². The second kappa shape index (κ2) is 3.39. The van der Waals surface area contributed by atoms with Crippen molar-refractivity contribution in [3.63, 3.8) is 0 Å². The van der Waals surface area contributed by atoms with E-state index >= 15 is 0 Å². The molecule has 3 N–H and O–H groups in total. The Labute approximate surface area is 91.4 Å². The normalized spacial score (nSPS) is 57.0. The standard InChI is InChI=1S/C11H20N2S/c12-11-5-8-1-6-2-9(14)3-7(6)4-10(8)13-11/h6-11,13-14H,1-5,12H2. The fraction of sp³-hybridized carbons (Fsp3) is 1.00. The quantitative estimate of drug-likeness (QED) is 0.531. The molecule has 0 radical (unpaired) electrons. The van der Waals surface area contributed by atoms with Gasteiger partial charge in [-0.25, -0.2) is 0 Å². The molecule has 14 heavy (non-hydrogen) atoms. The van der Waals surface area contributed by atoms with Gasteiger partial charge in [-0.15, -0.1) is 0 Å². The summed E-state index contributed by atoms with van der Waals surface area (Å²) in [6.07, 6.45) is 6.94. The third-order valence-corrected chi connectivity index (χ3v) is 4.95. The molecule has 3 heteroatoms. The van der Waals surface area contributed by atoms with E-state index in [0.717, 1.165) is 23.8 Å². The molecular formula is C11H20N2S. The molecule has 0 spiro atoms. The van der Waals surface area contributed by atoms with E-state index in [4.69, 9.17) is 5.73 Å². The molecule has 0 amide bonds. The fourth-order valence-corrected chi connectivity index (χ4v) is 4.50. The summed E-state index contributed by atoms with van der Waals surface area (Å²) >= 11 is 4.63. The third-order valence-electron chi connectivity index (χ3n) is 4.53. The summed E-state index contributed by atoms with van der Waals surface area (Å²) in [4.78, 5) is 0. The van der Waals surface area contributed by atoms with Gasteiger partial charge in [-0.05, 0) is 49.9 Å². The van der Waals surface area contributed by atoms with E-state index in [1.807, 2.05) is 0 Å². The number of hydrogen-bond acceptors (Lipinski definition) is 3. The van der Waals surface area contributed by atoms with Crippen LogP contribution in [0.15, 0.2) is 0 Å². The van der Waals surface area contributed by atoms with Crippen molar-refractivity contribution in [1.82, 2.24) is 5.32 Å². The Balaban J connectivity index is 1.71. The summed E-state index contributed by atoms with van der Waals surface area (Å²) < 4.78 is 0. The molecule has 6 unspecified atom stereocenters. The van der Waals surface area contributed by atoms with Gasteiger partial charge in [0.15, 0.2) is 0 Å². The van der Waals surface area contributed by atoms with Crippen molar-refractivity contribution in [3.8, 4) is 0 Å². The number of thiol groups is 1. The summed E-state index contributed by atoms with van der Waals surface area (Å²) in [5, 5.41) is 4.21. The van der Waals surface area contributed by atoms with Gasteiger partial charge in [0.05, 0.1) is 6.17 Å². The van der Waals surface area contributed by atoms with Crippen LogP contribution in [0.25, 0.3) is 0 Å². The zero-order valence-corrected chi connectivity index (χ0v) is 9.42. The minimum atomic E-state index is 0.274. The molecule has 6 atom stereocenters. The summed E-state index contributed by atoms with van der Waals surface area (Å²) in [5.74, 6) is 2.77. The molecule has 2 saturated carbocycles. The van der Waals surface area contributed by atoms with Gasteiger partial charge in [0.25, 0.3) is 0 Å². The number of nitrogens with two attached hydrogens (primary N) is 1. The first-order chi connectivity index (χ1) is 6.72. The third kappa shape index (κ3) is 1.50. The largest absolute Gasteiger partial charge is 0.316 e. The Hall–Kier alpha value is 0.270. The van der Waals surface area contributed by atoms with E-state index in [2.05, 4.69) is 17.9 Å². The van der Waals surface area contributed by atoms with Crippen molar-refractivity contribution in [2.75, 3.05) is 0 Å². The lowest BCUT2D eigenvalue weighted by Crippen LogP contribution is -2.40. The predicted molar refractivity (Wildman–Crippen MR) is 61.2 cm³/mol. The first-order valence-corrected chi connectivity index (χ1v) is 6.43. The van der Waals surface area contributed by atoms with Crippen LogP contribution in [0, 0.1) is 17.8 Å². The van der Waals surface area contributed by atoms with Gasteiger partial charge >= 0.3 is 0 Å². The summed E-state index contributed by atoms with van der Waals surface area (Å²) in [5.41, 5.74) is 5.95. The lowest BCUT2D eigenvalue weighted by molar-refractivity contribution is 0.189. The topological polar surface area (TPSA) is 38.0 Å². The maximum absolute atomic E-state index is 5.95. The molecule has 1 heterocycles. The molecule has 3 aliphatic rings. The molecular weight excluding hydrogens is 192 g/mol. The van der Waals surface area contributed by atoms with Crippen molar-refractivity contribution in [3.05, 3.63) is 0 Å². The zero-order valence-electron chi connectivity index (χ0n) is 8.52. The highest BCUT2D eigenvalue weighted by Gasteiger charge is 2.44. The summed E-state index contributed by atoms with van der Waals surface area (Å²) in [6.45, 7) is 0. The molecule has 3 rings (SSSR count). The van der Waals surface area contributed by atoms with Gasteiger partial charge in [0.2, 0.25) is 0 Å². The number of nitrogens with one attached hydrogen (secondary N) is 1. The summed E-state index contributed by atoms with van der Waals surface area (Å²) in [7, 11) is 0. The summed E-state index contributed by atoms with van der Waals surface area (Å²) in [6, 6.07) is 0.727. The highest BCUT2D eigenvalue weighted by molar-refractivity contribution is 7.80. The number of hydrogen-bond donors (Lipinski definition) is 3. The van der Waals surface area contributed by atoms with Gasteiger partial charge in [-0.2, -0.15) is 12.6 Å². The van der Waals surface area contributed by atoms with Gasteiger partial charge in [0.1, 0.15) is 0 Å². The van der Waals surface area contributed by atoms with Gasteiger partial charge in [0, 0.05) is 11.3 Å². The minimum Gasteiger partial charge on any atom is -0.316 e. The van der Waals surface area contributed by atoms with Crippen LogP contribution in [-0.4, -0.2) is 17.5 Å². The van der Waals surface area contributed by atoms with Crippen molar-refractivity contribution >= 4 is 12.6 Å². The second-order valence-electron chi connectivity index (χ2n) is 5.49. The Morgan fingerprint density at radius 2 is 1.64 bits per heavy atom. The van der Waals surface area contributed by atoms with Crippen LogP contribution in [0.2, 0.25) is 0 Å². The average molecular weight is 212 g/mol. The van der Waals surface area contributed by atoms with Crippen LogP contribution in [0.3, 0.4) is 0 Å². The molecule has 1 aliphatic heterocycles. The van der Waals surface area contributed by atoms with Crippen LogP contribution in [0.4, 0.5) is 0 Å². The van der Waals surface area contributed by atoms with Gasteiger partial charge in [-0.1, -0.05) is 0 Å². The lowest BCUT2D eigenvalue weighted by Gasteiger charge is -2.34. The van der Waals surface area contributed by atoms with Crippen molar-refractivity contribution < 1.29 is 0 Å². The molecule has 0 aromatic carbocycles. The maximum atomic E-state index is 5.95. The molecule has 2 aliphatic carbocycles. The van der Waals surface area contributed by atoms with E-state index in [1.54, 1.807) is 0 Å².